The van der Waals surface area contributed by atoms with Crippen LogP contribution < -0.4 is 0 Å². The van der Waals surface area contributed by atoms with Crippen molar-refractivity contribution in [2.45, 2.75) is 380 Å². The molecule has 0 aliphatic heterocycles. The van der Waals surface area contributed by atoms with Crippen molar-refractivity contribution in [2.75, 3.05) is 47.5 Å². The molecule has 0 aliphatic carbocycles. The number of hydrogen-bond donors (Lipinski definition) is 1. The number of carbonyl (C=O) groups excluding carboxylic acids is 2. The SMILES string of the molecule is CCCCCCCCCCCCCCCCCCCCCCCCCCCCCC(=O)OC[C@H](COP(=O)(O)OCC[N+](C)(C)C)OC(=O)CCCCCCCCCCCCCCCCCCCCCCCCCCCCC. The summed E-state index contributed by atoms with van der Waals surface area (Å²) in [4.78, 5) is 35.8. The van der Waals surface area contributed by atoms with Crippen LogP contribution in [0.1, 0.15) is 373 Å². The fraction of sp³-hybridized carbons (Fsp3) is 0.971. The monoisotopic (exact) mass is 1130 g/mol. The van der Waals surface area contributed by atoms with E-state index < -0.39 is 26.5 Å². The normalized spacial score (nSPS) is 13.1. The van der Waals surface area contributed by atoms with Crippen molar-refractivity contribution in [1.29, 1.82) is 0 Å². The molecule has 0 fully saturated rings. The molecular weight excluding hydrogens is 990 g/mol. The van der Waals surface area contributed by atoms with Crippen LogP contribution in [0.25, 0.3) is 0 Å². The molecule has 0 radical (unpaired) electrons. The second-order valence-corrected chi connectivity index (χ2v) is 26.7. The summed E-state index contributed by atoms with van der Waals surface area (Å²) in [5, 5.41) is 0. The Morgan fingerprint density at radius 1 is 0.346 bits per heavy atom. The van der Waals surface area contributed by atoms with Gasteiger partial charge in [-0.05, 0) is 12.8 Å². The van der Waals surface area contributed by atoms with Crippen molar-refractivity contribution in [3.63, 3.8) is 0 Å². The summed E-state index contributed by atoms with van der Waals surface area (Å²) in [5.74, 6) is -0.767. The molecule has 78 heavy (non-hydrogen) atoms. The maximum absolute atomic E-state index is 12.9. The molecule has 1 unspecified atom stereocenters. The lowest BCUT2D eigenvalue weighted by molar-refractivity contribution is -0.870. The summed E-state index contributed by atoms with van der Waals surface area (Å²) in [5.41, 5.74) is 0. The van der Waals surface area contributed by atoms with Crippen LogP contribution in [0.2, 0.25) is 0 Å². The molecule has 466 valence electrons. The van der Waals surface area contributed by atoms with E-state index in [4.69, 9.17) is 18.5 Å². The van der Waals surface area contributed by atoms with Crippen LogP contribution in [-0.2, 0) is 32.7 Å². The predicted molar refractivity (Wildman–Crippen MR) is 335 cm³/mol. The van der Waals surface area contributed by atoms with Crippen molar-refractivity contribution in [3.05, 3.63) is 0 Å². The first kappa shape index (κ1) is 77.0. The lowest BCUT2D eigenvalue weighted by atomic mass is 10.0. The Morgan fingerprint density at radius 2 is 0.577 bits per heavy atom. The maximum atomic E-state index is 12.9. The summed E-state index contributed by atoms with van der Waals surface area (Å²) in [6.07, 6.45) is 72.1. The van der Waals surface area contributed by atoms with E-state index in [0.717, 1.165) is 38.5 Å². The molecule has 0 heterocycles. The summed E-state index contributed by atoms with van der Waals surface area (Å²) in [6, 6.07) is 0. The van der Waals surface area contributed by atoms with E-state index >= 15 is 0 Å². The number of unbranched alkanes of at least 4 members (excludes halogenated alkanes) is 52. The Morgan fingerprint density at radius 3 is 0.821 bits per heavy atom. The molecule has 0 saturated heterocycles. The van der Waals surface area contributed by atoms with Crippen LogP contribution in [0, 0.1) is 0 Å². The second kappa shape index (κ2) is 60.6. The van der Waals surface area contributed by atoms with Gasteiger partial charge in [-0.25, -0.2) is 4.57 Å². The highest BCUT2D eigenvalue weighted by Crippen LogP contribution is 2.43. The number of esters is 2. The van der Waals surface area contributed by atoms with Gasteiger partial charge in [0.15, 0.2) is 6.10 Å². The van der Waals surface area contributed by atoms with E-state index in [0.29, 0.717) is 17.4 Å². The zero-order valence-corrected chi connectivity index (χ0v) is 54.1. The van der Waals surface area contributed by atoms with Gasteiger partial charge in [0.1, 0.15) is 19.8 Å². The van der Waals surface area contributed by atoms with Crippen molar-refractivity contribution in [1.82, 2.24) is 0 Å². The van der Waals surface area contributed by atoms with E-state index in [9.17, 15) is 19.0 Å². The molecule has 0 aromatic rings. The largest absolute Gasteiger partial charge is 0.472 e. The minimum Gasteiger partial charge on any atom is -0.462 e. The Bertz CT molecular complexity index is 1280. The van der Waals surface area contributed by atoms with Crippen LogP contribution in [0.3, 0.4) is 0 Å². The number of ether oxygens (including phenoxy) is 2. The fourth-order valence-electron chi connectivity index (χ4n) is 10.8. The van der Waals surface area contributed by atoms with Gasteiger partial charge in [0.2, 0.25) is 0 Å². The average molecular weight is 1130 g/mol. The highest BCUT2D eigenvalue weighted by molar-refractivity contribution is 7.47. The zero-order chi connectivity index (χ0) is 57.0. The van der Waals surface area contributed by atoms with Gasteiger partial charge in [-0.2, -0.15) is 0 Å². The number of phosphoric ester groups is 1. The second-order valence-electron chi connectivity index (χ2n) is 25.3. The van der Waals surface area contributed by atoms with Gasteiger partial charge in [-0.15, -0.1) is 0 Å². The van der Waals surface area contributed by atoms with Gasteiger partial charge >= 0.3 is 19.8 Å². The molecular formula is C68H137NO8P+. The van der Waals surface area contributed by atoms with Gasteiger partial charge in [-0.3, -0.25) is 18.6 Å². The lowest BCUT2D eigenvalue weighted by Gasteiger charge is -2.24. The van der Waals surface area contributed by atoms with Gasteiger partial charge in [-0.1, -0.05) is 348 Å². The molecule has 0 saturated carbocycles. The number of quaternary nitrogens is 1. The van der Waals surface area contributed by atoms with Gasteiger partial charge in [0, 0.05) is 12.8 Å². The Balaban J connectivity index is 3.98. The highest BCUT2D eigenvalue weighted by Gasteiger charge is 2.27. The van der Waals surface area contributed by atoms with Crippen molar-refractivity contribution in [3.8, 4) is 0 Å². The number of phosphoric acid groups is 1. The Kier molecular flexibility index (Phi) is 59.8. The minimum absolute atomic E-state index is 0.0377. The third kappa shape index (κ3) is 64.2. The highest BCUT2D eigenvalue weighted by atomic mass is 31.2. The van der Waals surface area contributed by atoms with E-state index in [1.807, 2.05) is 21.1 Å². The summed E-state index contributed by atoms with van der Waals surface area (Å²) >= 11 is 0. The number of carbonyl (C=O) groups is 2. The van der Waals surface area contributed by atoms with Crippen LogP contribution in [0.5, 0.6) is 0 Å². The number of rotatable bonds is 66. The lowest BCUT2D eigenvalue weighted by Crippen LogP contribution is -2.37. The maximum Gasteiger partial charge on any atom is 0.472 e. The molecule has 0 bridgehead atoms. The molecule has 0 aromatic heterocycles. The Labute approximate surface area is 486 Å². The number of likely N-dealkylation sites (N-methyl/N-ethyl adjacent to an activating group) is 1. The van der Waals surface area contributed by atoms with Gasteiger partial charge in [0.05, 0.1) is 27.7 Å². The van der Waals surface area contributed by atoms with Crippen LogP contribution in [0.15, 0.2) is 0 Å². The minimum atomic E-state index is -4.38. The summed E-state index contributed by atoms with van der Waals surface area (Å²) in [7, 11) is 1.51. The third-order valence-corrected chi connectivity index (χ3v) is 17.1. The van der Waals surface area contributed by atoms with Crippen LogP contribution in [0.4, 0.5) is 0 Å². The quantitative estimate of drug-likeness (QED) is 0.0278. The fourth-order valence-corrected chi connectivity index (χ4v) is 11.5. The summed E-state index contributed by atoms with van der Waals surface area (Å²) < 4.78 is 34.7. The number of hydrogen-bond acceptors (Lipinski definition) is 7. The van der Waals surface area contributed by atoms with E-state index in [-0.39, 0.29) is 25.6 Å². The van der Waals surface area contributed by atoms with E-state index in [1.54, 1.807) is 0 Å². The molecule has 0 spiro atoms. The molecule has 0 rings (SSSR count). The first-order chi connectivity index (χ1) is 38.0. The average Bonchev–Trinajstić information content (AvgIpc) is 3.41. The van der Waals surface area contributed by atoms with E-state index in [2.05, 4.69) is 13.8 Å². The van der Waals surface area contributed by atoms with Crippen molar-refractivity contribution < 1.29 is 42.1 Å². The van der Waals surface area contributed by atoms with Gasteiger partial charge in [0.25, 0.3) is 0 Å². The van der Waals surface area contributed by atoms with Gasteiger partial charge < -0.3 is 18.9 Å². The number of nitrogens with zero attached hydrogens (tertiary/aromatic N) is 1. The van der Waals surface area contributed by atoms with E-state index in [1.165, 1.54) is 308 Å². The van der Waals surface area contributed by atoms with Crippen LogP contribution >= 0.6 is 7.82 Å². The van der Waals surface area contributed by atoms with Crippen LogP contribution in [-0.4, -0.2) is 74.9 Å². The predicted octanol–water partition coefficient (Wildman–Crippen LogP) is 22.2. The molecule has 0 amide bonds. The third-order valence-electron chi connectivity index (χ3n) is 16.1. The summed E-state index contributed by atoms with van der Waals surface area (Å²) in [6.45, 7) is 4.53. The molecule has 0 aliphatic rings. The van der Waals surface area contributed by atoms with Crippen molar-refractivity contribution in [2.24, 2.45) is 0 Å². The Hall–Kier alpha value is -0.990. The standard InChI is InChI=1S/C68H136NO8P/c1-6-8-10-12-14-16-18-20-22-24-26-28-30-32-34-36-38-40-42-44-46-48-50-52-54-56-58-60-67(70)74-64-66(65-76-78(72,73)75-63-62-69(3,4)5)77-68(71)61-59-57-55-53-51-49-47-45-43-41-39-37-35-33-31-29-27-25-23-21-19-17-15-13-11-9-7-2/h66H,6-65H2,1-5H3/p+1/t66-/m1/s1. The topological polar surface area (TPSA) is 108 Å². The molecule has 2 atom stereocenters. The molecule has 10 heteroatoms. The van der Waals surface area contributed by atoms with Crippen molar-refractivity contribution >= 4 is 19.8 Å². The zero-order valence-electron chi connectivity index (χ0n) is 53.2. The first-order valence-corrected chi connectivity index (χ1v) is 36.3. The molecule has 9 nitrogen and oxygen atoms in total. The molecule has 1 N–H and O–H groups in total. The smallest absolute Gasteiger partial charge is 0.462 e. The molecule has 0 aromatic carbocycles. The first-order valence-electron chi connectivity index (χ1n) is 34.8.